The van der Waals surface area contributed by atoms with E-state index in [1.807, 2.05) is 12.1 Å². The van der Waals surface area contributed by atoms with Crippen LogP contribution in [0.4, 0.5) is 5.69 Å². The van der Waals surface area contributed by atoms with E-state index < -0.39 is 29.8 Å². The lowest BCUT2D eigenvalue weighted by molar-refractivity contribution is -0.123. The number of carbonyl (C=O) groups is 3. The Balaban J connectivity index is 1.59. The number of imide groups is 1. The van der Waals surface area contributed by atoms with Crippen molar-refractivity contribution in [2.24, 2.45) is 16.9 Å². The van der Waals surface area contributed by atoms with Gasteiger partial charge in [0.1, 0.15) is 6.04 Å². The number of hydrogen-bond acceptors (Lipinski definition) is 5. The molecule has 0 unspecified atom stereocenters. The van der Waals surface area contributed by atoms with Gasteiger partial charge in [-0.2, -0.15) is 5.10 Å². The summed E-state index contributed by atoms with van der Waals surface area (Å²) in [5, 5.41) is 6.38. The van der Waals surface area contributed by atoms with Crippen molar-refractivity contribution in [3.8, 4) is 0 Å². The van der Waals surface area contributed by atoms with Gasteiger partial charge in [-0.05, 0) is 24.3 Å². The van der Waals surface area contributed by atoms with Crippen molar-refractivity contribution in [2.75, 3.05) is 4.90 Å². The molecule has 2 aromatic rings. The molecule has 3 aliphatic rings. The van der Waals surface area contributed by atoms with Crippen LogP contribution in [0, 0.1) is 11.8 Å². The second kappa shape index (κ2) is 6.67. The van der Waals surface area contributed by atoms with Gasteiger partial charge in [-0.3, -0.25) is 19.4 Å². The molecule has 2 saturated heterocycles. The van der Waals surface area contributed by atoms with Crippen LogP contribution in [-0.2, 0) is 9.59 Å². The van der Waals surface area contributed by atoms with Gasteiger partial charge in [0, 0.05) is 16.8 Å². The zero-order valence-corrected chi connectivity index (χ0v) is 15.9. The van der Waals surface area contributed by atoms with Gasteiger partial charge in [0.25, 0.3) is 0 Å². The molecule has 2 fully saturated rings. The summed E-state index contributed by atoms with van der Waals surface area (Å²) in [5.74, 6) is -2.42. The Kier molecular flexibility index (Phi) is 4.10. The highest BCUT2D eigenvalue weighted by Crippen LogP contribution is 2.46. The number of hydrazone groups is 1. The van der Waals surface area contributed by atoms with E-state index in [-0.39, 0.29) is 11.7 Å². The Morgan fingerprint density at radius 2 is 1.72 bits per heavy atom. The number of benzene rings is 2. The maximum absolute atomic E-state index is 13.4. The molecule has 3 aliphatic heterocycles. The molecule has 3 heterocycles. The molecule has 2 amide bonds. The predicted molar refractivity (Wildman–Crippen MR) is 109 cm³/mol. The molecule has 0 spiro atoms. The molecule has 0 N–H and O–H groups in total. The fraction of sp³-hybridized carbons (Fsp3) is 0.182. The van der Waals surface area contributed by atoms with Crippen molar-refractivity contribution in [3.63, 3.8) is 0 Å². The number of halogens is 1. The molecule has 144 valence electrons. The number of carbonyl (C=O) groups excluding carboxylic acids is 3. The Morgan fingerprint density at radius 3 is 2.48 bits per heavy atom. The molecule has 0 saturated carbocycles. The molecule has 6 nitrogen and oxygen atoms in total. The maximum Gasteiger partial charge on any atom is 0.240 e. The minimum Gasteiger partial charge on any atom is -0.292 e. The third-order valence-corrected chi connectivity index (χ3v) is 5.92. The summed E-state index contributed by atoms with van der Waals surface area (Å²) in [4.78, 5) is 41.2. The third kappa shape index (κ3) is 2.63. The number of amides is 2. The minimum absolute atomic E-state index is 0.218. The van der Waals surface area contributed by atoms with Crippen LogP contribution in [0.5, 0.6) is 0 Å². The molecule has 29 heavy (non-hydrogen) atoms. The highest BCUT2D eigenvalue weighted by molar-refractivity contribution is 6.31. The number of rotatable bonds is 3. The molecule has 7 heteroatoms. The topological polar surface area (TPSA) is 70.0 Å². The van der Waals surface area contributed by atoms with Gasteiger partial charge in [0.05, 0.1) is 23.6 Å². The van der Waals surface area contributed by atoms with Gasteiger partial charge in [0.15, 0.2) is 5.78 Å². The lowest BCUT2D eigenvalue weighted by atomic mass is 9.86. The van der Waals surface area contributed by atoms with E-state index >= 15 is 0 Å². The zero-order chi connectivity index (χ0) is 20.1. The largest absolute Gasteiger partial charge is 0.292 e. The van der Waals surface area contributed by atoms with Gasteiger partial charge in [-0.15, -0.1) is 0 Å². The Bertz CT molecular complexity index is 1080. The number of fused-ring (bicyclic) bond motifs is 3. The van der Waals surface area contributed by atoms with Crippen LogP contribution in [0.25, 0.3) is 0 Å². The molecule has 0 aliphatic carbocycles. The van der Waals surface area contributed by atoms with E-state index in [1.165, 1.54) is 0 Å². The van der Waals surface area contributed by atoms with Crippen LogP contribution in [-0.4, -0.2) is 40.9 Å². The Morgan fingerprint density at radius 1 is 0.966 bits per heavy atom. The van der Waals surface area contributed by atoms with E-state index in [9.17, 15) is 14.4 Å². The molecule has 0 radical (unpaired) electrons. The molecule has 0 bridgehead atoms. The Hall–Kier alpha value is -3.25. The van der Waals surface area contributed by atoms with Gasteiger partial charge in [-0.25, -0.2) is 4.90 Å². The first-order valence-corrected chi connectivity index (χ1v) is 9.67. The SMILES string of the molecule is O=C(c1ccccc1)[C@@H]1[C@@H]2C(=O)N(c3cccc(Cl)c3)C(=O)[C@@H]2[C@H]2C=CC=NN21. The van der Waals surface area contributed by atoms with Gasteiger partial charge in [0.2, 0.25) is 11.8 Å². The number of hydrogen-bond donors (Lipinski definition) is 0. The third-order valence-electron chi connectivity index (χ3n) is 5.68. The normalized spacial score (nSPS) is 27.3. The van der Waals surface area contributed by atoms with Crippen molar-refractivity contribution >= 4 is 41.1 Å². The standard InChI is InChI=1S/C22H16ClN3O3/c23-14-8-4-9-15(12-14)25-21(28)17-16-10-5-11-24-26(16)19(18(17)22(25)29)20(27)13-6-2-1-3-7-13/h1-12,16-19H/t16-,17-,18-,19+/m1/s1. The fourth-order valence-corrected chi connectivity index (χ4v) is 4.66. The number of anilines is 1. The van der Waals surface area contributed by atoms with Gasteiger partial charge in [-0.1, -0.05) is 54.1 Å². The first-order valence-electron chi connectivity index (χ1n) is 9.29. The first kappa shape index (κ1) is 17.8. The number of nitrogens with zero attached hydrogens (tertiary/aromatic N) is 3. The summed E-state index contributed by atoms with van der Waals surface area (Å²) < 4.78 is 0. The van der Waals surface area contributed by atoms with Crippen LogP contribution >= 0.6 is 11.6 Å². The summed E-state index contributed by atoms with van der Waals surface area (Å²) in [7, 11) is 0. The van der Waals surface area contributed by atoms with E-state index in [0.717, 1.165) is 4.90 Å². The van der Waals surface area contributed by atoms with Crippen molar-refractivity contribution in [1.29, 1.82) is 0 Å². The van der Waals surface area contributed by atoms with Crippen molar-refractivity contribution in [3.05, 3.63) is 77.3 Å². The monoisotopic (exact) mass is 405 g/mol. The smallest absolute Gasteiger partial charge is 0.240 e. The quantitative estimate of drug-likeness (QED) is 0.581. The molecule has 4 atom stereocenters. The highest BCUT2D eigenvalue weighted by Gasteiger charge is 2.64. The first-order chi connectivity index (χ1) is 14.1. The number of Topliss-reactive ketones (excluding diaryl/α,β-unsaturated/α-hetero) is 1. The maximum atomic E-state index is 13.4. The van der Waals surface area contributed by atoms with Crippen LogP contribution < -0.4 is 4.90 Å². The van der Waals surface area contributed by atoms with E-state index in [1.54, 1.807) is 65.8 Å². The molecular formula is C22H16ClN3O3. The van der Waals surface area contributed by atoms with Gasteiger partial charge < -0.3 is 0 Å². The van der Waals surface area contributed by atoms with Crippen LogP contribution in [0.2, 0.25) is 5.02 Å². The number of allylic oxidation sites excluding steroid dienone is 1. The van der Waals surface area contributed by atoms with E-state index in [4.69, 9.17) is 11.6 Å². The summed E-state index contributed by atoms with van der Waals surface area (Å²) >= 11 is 6.07. The lowest BCUT2D eigenvalue weighted by Gasteiger charge is -2.30. The molecule has 2 aromatic carbocycles. The van der Waals surface area contributed by atoms with E-state index in [0.29, 0.717) is 16.3 Å². The average molecular weight is 406 g/mol. The average Bonchev–Trinajstić information content (AvgIpc) is 3.21. The van der Waals surface area contributed by atoms with Gasteiger partial charge >= 0.3 is 0 Å². The van der Waals surface area contributed by atoms with Crippen molar-refractivity contribution < 1.29 is 14.4 Å². The molecule has 0 aromatic heterocycles. The van der Waals surface area contributed by atoms with Crippen LogP contribution in [0.15, 0.2) is 71.9 Å². The summed E-state index contributed by atoms with van der Waals surface area (Å²) in [6.07, 6.45) is 5.15. The predicted octanol–water partition coefficient (Wildman–Crippen LogP) is 2.94. The van der Waals surface area contributed by atoms with Crippen molar-refractivity contribution in [2.45, 2.75) is 12.1 Å². The summed E-state index contributed by atoms with van der Waals surface area (Å²) in [6.45, 7) is 0. The summed E-state index contributed by atoms with van der Waals surface area (Å²) in [6, 6.07) is 14.1. The fourth-order valence-electron chi connectivity index (χ4n) is 4.48. The van der Waals surface area contributed by atoms with E-state index in [2.05, 4.69) is 5.10 Å². The van der Waals surface area contributed by atoms with Crippen LogP contribution in [0.3, 0.4) is 0 Å². The molecular weight excluding hydrogens is 390 g/mol. The zero-order valence-electron chi connectivity index (χ0n) is 15.2. The lowest BCUT2D eigenvalue weighted by Crippen LogP contribution is -2.46. The molecule has 5 rings (SSSR count). The highest BCUT2D eigenvalue weighted by atomic mass is 35.5. The minimum atomic E-state index is -0.839. The summed E-state index contributed by atoms with van der Waals surface area (Å²) in [5.41, 5.74) is 0.908. The second-order valence-electron chi connectivity index (χ2n) is 7.24. The number of ketones is 1. The Labute approximate surface area is 172 Å². The second-order valence-corrected chi connectivity index (χ2v) is 7.67. The van der Waals surface area contributed by atoms with Crippen LogP contribution in [0.1, 0.15) is 10.4 Å². The van der Waals surface area contributed by atoms with Crippen molar-refractivity contribution in [1.82, 2.24) is 5.01 Å².